The Morgan fingerprint density at radius 1 is 1.16 bits per heavy atom. The van der Waals surface area contributed by atoms with Crippen molar-refractivity contribution in [2.75, 3.05) is 13.2 Å². The van der Waals surface area contributed by atoms with Gasteiger partial charge in [-0.2, -0.15) is 0 Å². The van der Waals surface area contributed by atoms with Crippen LogP contribution in [0.4, 0.5) is 0 Å². The summed E-state index contributed by atoms with van der Waals surface area (Å²) in [5.41, 5.74) is 9.51. The molecule has 6 heteroatoms. The van der Waals surface area contributed by atoms with Crippen molar-refractivity contribution < 1.29 is 9.15 Å². The van der Waals surface area contributed by atoms with Crippen LogP contribution in [0, 0.1) is 0 Å². The first-order valence-electron chi connectivity index (χ1n) is 8.95. The molecule has 0 saturated carbocycles. The van der Waals surface area contributed by atoms with Crippen molar-refractivity contribution in [1.29, 1.82) is 0 Å². The lowest BCUT2D eigenvalue weighted by molar-refractivity contribution is 0.313. The number of unbranched alkanes of at least 4 members (excludes halogenated alkanes) is 4. The molecule has 6 nitrogen and oxygen atoms in total. The Kier molecular flexibility index (Phi) is 7.86. The molecule has 25 heavy (non-hydrogen) atoms. The highest BCUT2D eigenvalue weighted by atomic mass is 16.5. The van der Waals surface area contributed by atoms with Gasteiger partial charge in [0.2, 0.25) is 0 Å². The molecule has 0 amide bonds. The largest absolute Gasteiger partial charge is 0.493 e. The molecule has 0 fully saturated rings. The minimum atomic E-state index is -0.323. The molecule has 134 valence electrons. The van der Waals surface area contributed by atoms with Crippen molar-refractivity contribution in [3.05, 3.63) is 50.7 Å². The lowest BCUT2D eigenvalue weighted by atomic mass is 10.0. The first kappa shape index (κ1) is 18.9. The molecular weight excluding hydrogens is 318 g/mol. The molecule has 0 aliphatic rings. The summed E-state index contributed by atoms with van der Waals surface area (Å²) in [4.78, 5) is 14.5. The predicted molar refractivity (Wildman–Crippen MR) is 99.1 cm³/mol. The van der Waals surface area contributed by atoms with Crippen molar-refractivity contribution in [2.24, 2.45) is 5.11 Å². The molecule has 0 atom stereocenters. The van der Waals surface area contributed by atoms with Crippen LogP contribution in [0.1, 0.15) is 51.0 Å². The SMILES string of the molecule is CCCCCCCc1cc(=O)oc2cc(OCCCN=[N+]=[N-])ccc12. The van der Waals surface area contributed by atoms with Gasteiger partial charge in [0.25, 0.3) is 0 Å². The van der Waals surface area contributed by atoms with E-state index < -0.39 is 0 Å². The summed E-state index contributed by atoms with van der Waals surface area (Å²) in [6.45, 7) is 3.06. The molecule has 0 aliphatic heterocycles. The maximum atomic E-state index is 11.8. The molecule has 0 aliphatic carbocycles. The van der Waals surface area contributed by atoms with Gasteiger partial charge in [-0.1, -0.05) is 37.7 Å². The second kappa shape index (κ2) is 10.4. The van der Waals surface area contributed by atoms with E-state index in [1.807, 2.05) is 12.1 Å². The summed E-state index contributed by atoms with van der Waals surface area (Å²) in [6.07, 6.45) is 7.52. The number of nitrogens with zero attached hydrogens (tertiary/aromatic N) is 3. The normalized spacial score (nSPS) is 10.6. The molecule has 1 heterocycles. The van der Waals surface area contributed by atoms with Crippen LogP contribution < -0.4 is 10.4 Å². The van der Waals surface area contributed by atoms with Crippen molar-refractivity contribution in [2.45, 2.75) is 51.9 Å². The minimum absolute atomic E-state index is 0.323. The molecule has 1 aromatic carbocycles. The zero-order chi connectivity index (χ0) is 17.9. The average molecular weight is 343 g/mol. The number of hydrogen-bond donors (Lipinski definition) is 0. The number of hydrogen-bond acceptors (Lipinski definition) is 4. The van der Waals surface area contributed by atoms with Gasteiger partial charge < -0.3 is 9.15 Å². The summed E-state index contributed by atoms with van der Waals surface area (Å²) < 4.78 is 11.0. The molecule has 0 radical (unpaired) electrons. The highest BCUT2D eigenvalue weighted by Gasteiger charge is 2.07. The zero-order valence-corrected chi connectivity index (χ0v) is 14.7. The van der Waals surface area contributed by atoms with Gasteiger partial charge in [-0.05, 0) is 42.5 Å². The predicted octanol–water partition coefficient (Wildman–Crippen LogP) is 5.39. The number of rotatable bonds is 11. The maximum Gasteiger partial charge on any atom is 0.336 e. The van der Waals surface area contributed by atoms with Gasteiger partial charge in [0.05, 0.1) is 6.61 Å². The Bertz CT molecular complexity index is 779. The molecule has 0 saturated heterocycles. The van der Waals surface area contributed by atoms with Gasteiger partial charge in [-0.15, -0.1) is 0 Å². The number of aryl methyl sites for hydroxylation is 1. The van der Waals surface area contributed by atoms with Crippen LogP contribution in [0.15, 0.2) is 38.6 Å². The Morgan fingerprint density at radius 2 is 2.00 bits per heavy atom. The van der Waals surface area contributed by atoms with Crippen molar-refractivity contribution >= 4 is 11.0 Å². The van der Waals surface area contributed by atoms with E-state index in [1.54, 1.807) is 12.1 Å². The average Bonchev–Trinajstić information content (AvgIpc) is 2.61. The molecule has 0 N–H and O–H groups in total. The van der Waals surface area contributed by atoms with Crippen molar-refractivity contribution in [1.82, 2.24) is 0 Å². The van der Waals surface area contributed by atoms with Crippen molar-refractivity contribution in [3.8, 4) is 5.75 Å². The lowest BCUT2D eigenvalue weighted by Gasteiger charge is -2.08. The van der Waals surface area contributed by atoms with Crippen LogP contribution in [0.5, 0.6) is 5.75 Å². The zero-order valence-electron chi connectivity index (χ0n) is 14.7. The number of ether oxygens (including phenoxy) is 1. The molecule has 2 rings (SSSR count). The summed E-state index contributed by atoms with van der Waals surface area (Å²) >= 11 is 0. The molecular formula is C19H25N3O3. The minimum Gasteiger partial charge on any atom is -0.493 e. The Balaban J connectivity index is 2.03. The van der Waals surface area contributed by atoms with Crippen LogP contribution in [0.3, 0.4) is 0 Å². The van der Waals surface area contributed by atoms with Gasteiger partial charge in [0, 0.05) is 29.0 Å². The Hall–Kier alpha value is -2.46. The van der Waals surface area contributed by atoms with E-state index in [0.717, 1.165) is 23.8 Å². The number of azide groups is 1. The number of benzene rings is 1. The van der Waals surface area contributed by atoms with Crippen LogP contribution >= 0.6 is 0 Å². The first-order chi connectivity index (χ1) is 12.2. The van der Waals surface area contributed by atoms with E-state index in [0.29, 0.717) is 30.9 Å². The maximum absolute atomic E-state index is 11.8. The second-order valence-corrected chi connectivity index (χ2v) is 6.07. The first-order valence-corrected chi connectivity index (χ1v) is 8.95. The Labute approximate surface area is 147 Å². The fourth-order valence-corrected chi connectivity index (χ4v) is 2.80. The van der Waals surface area contributed by atoms with Crippen LogP contribution in [0.25, 0.3) is 21.4 Å². The molecule has 1 aromatic heterocycles. The number of fused-ring (bicyclic) bond motifs is 1. The van der Waals surface area contributed by atoms with Gasteiger partial charge in [-0.3, -0.25) is 0 Å². The van der Waals surface area contributed by atoms with Crippen LogP contribution in [-0.4, -0.2) is 13.2 Å². The fraction of sp³-hybridized carbons (Fsp3) is 0.526. The summed E-state index contributed by atoms with van der Waals surface area (Å²) in [5, 5.41) is 4.43. The standard InChI is InChI=1S/C19H25N3O3/c1-2-3-4-5-6-8-15-13-19(23)25-18-14-16(9-10-17(15)18)24-12-7-11-21-22-20/h9-10,13-14H,2-8,11-12H2,1H3. The van der Waals surface area contributed by atoms with E-state index in [-0.39, 0.29) is 5.63 Å². The third-order valence-corrected chi connectivity index (χ3v) is 4.09. The fourth-order valence-electron chi connectivity index (χ4n) is 2.80. The monoisotopic (exact) mass is 343 g/mol. The highest BCUT2D eigenvalue weighted by Crippen LogP contribution is 2.24. The molecule has 2 aromatic rings. The van der Waals surface area contributed by atoms with E-state index in [2.05, 4.69) is 16.9 Å². The Morgan fingerprint density at radius 3 is 2.80 bits per heavy atom. The van der Waals surface area contributed by atoms with E-state index >= 15 is 0 Å². The van der Waals surface area contributed by atoms with E-state index in [4.69, 9.17) is 14.7 Å². The van der Waals surface area contributed by atoms with Crippen LogP contribution in [-0.2, 0) is 6.42 Å². The summed E-state index contributed by atoms with van der Waals surface area (Å²) in [7, 11) is 0. The van der Waals surface area contributed by atoms with Gasteiger partial charge >= 0.3 is 5.63 Å². The lowest BCUT2D eigenvalue weighted by Crippen LogP contribution is -2.02. The van der Waals surface area contributed by atoms with Gasteiger partial charge in [0.15, 0.2) is 0 Å². The summed E-state index contributed by atoms with van der Waals surface area (Å²) in [5.74, 6) is 0.650. The smallest absolute Gasteiger partial charge is 0.336 e. The van der Waals surface area contributed by atoms with Gasteiger partial charge in [0.1, 0.15) is 11.3 Å². The second-order valence-electron chi connectivity index (χ2n) is 6.07. The third kappa shape index (κ3) is 6.16. The van der Waals surface area contributed by atoms with Gasteiger partial charge in [-0.25, -0.2) is 4.79 Å². The van der Waals surface area contributed by atoms with Crippen LogP contribution in [0.2, 0.25) is 0 Å². The quantitative estimate of drug-likeness (QED) is 0.180. The van der Waals surface area contributed by atoms with Crippen molar-refractivity contribution in [3.63, 3.8) is 0 Å². The van der Waals surface area contributed by atoms with E-state index in [1.165, 1.54) is 25.7 Å². The molecule has 0 unspecified atom stereocenters. The molecule has 0 spiro atoms. The third-order valence-electron chi connectivity index (χ3n) is 4.09. The topological polar surface area (TPSA) is 88.2 Å². The summed E-state index contributed by atoms with van der Waals surface area (Å²) in [6, 6.07) is 7.19. The van der Waals surface area contributed by atoms with E-state index in [9.17, 15) is 4.79 Å². The highest BCUT2D eigenvalue weighted by molar-refractivity contribution is 5.81. The molecule has 0 bridgehead atoms.